The fourth-order valence-electron chi connectivity index (χ4n) is 2.56. The van der Waals surface area contributed by atoms with Crippen molar-refractivity contribution in [2.45, 2.75) is 20.4 Å². The summed E-state index contributed by atoms with van der Waals surface area (Å²) in [7, 11) is 1.60. The molecule has 0 aliphatic heterocycles. The molecule has 0 heterocycles. The van der Waals surface area contributed by atoms with Crippen LogP contribution in [0.3, 0.4) is 0 Å². The normalized spacial score (nSPS) is 11.8. The molecule has 0 aromatic heterocycles. The molecule has 0 bridgehead atoms. The SMILES string of the molecule is CC[NH+](CC(=O)Nc1ccccc1OC)Cc1ccccc1C. The number of carbonyl (C=O) groups is 1. The molecule has 0 aliphatic rings. The highest BCUT2D eigenvalue weighted by Gasteiger charge is 2.15. The van der Waals surface area contributed by atoms with Crippen molar-refractivity contribution < 1.29 is 14.4 Å². The summed E-state index contributed by atoms with van der Waals surface area (Å²) < 4.78 is 5.27. The summed E-state index contributed by atoms with van der Waals surface area (Å²) in [6.07, 6.45) is 0. The third kappa shape index (κ3) is 4.83. The van der Waals surface area contributed by atoms with Crippen molar-refractivity contribution in [2.75, 3.05) is 25.5 Å². The van der Waals surface area contributed by atoms with E-state index in [-0.39, 0.29) is 5.91 Å². The molecule has 2 N–H and O–H groups in total. The number of aryl methyl sites for hydroxylation is 1. The third-order valence-electron chi connectivity index (χ3n) is 3.99. The second-order valence-corrected chi connectivity index (χ2v) is 5.63. The summed E-state index contributed by atoms with van der Waals surface area (Å²) in [6, 6.07) is 15.8. The average Bonchev–Trinajstić information content (AvgIpc) is 2.56. The molecule has 4 nitrogen and oxygen atoms in total. The lowest BCUT2D eigenvalue weighted by Gasteiger charge is -2.19. The summed E-state index contributed by atoms with van der Waals surface area (Å²) in [5, 5.41) is 2.94. The van der Waals surface area contributed by atoms with Gasteiger partial charge in [0.25, 0.3) is 5.91 Å². The van der Waals surface area contributed by atoms with Crippen molar-refractivity contribution in [3.63, 3.8) is 0 Å². The van der Waals surface area contributed by atoms with Crippen LogP contribution in [0.4, 0.5) is 5.69 Å². The van der Waals surface area contributed by atoms with Gasteiger partial charge < -0.3 is 15.0 Å². The Hall–Kier alpha value is -2.33. The summed E-state index contributed by atoms with van der Waals surface area (Å²) in [6.45, 7) is 6.39. The number of hydrogen-bond donors (Lipinski definition) is 2. The molecule has 2 aromatic carbocycles. The van der Waals surface area contributed by atoms with Gasteiger partial charge in [-0.15, -0.1) is 0 Å². The number of amides is 1. The van der Waals surface area contributed by atoms with Crippen LogP contribution in [0, 0.1) is 6.92 Å². The number of ether oxygens (including phenoxy) is 1. The second kappa shape index (κ2) is 8.34. The van der Waals surface area contributed by atoms with Gasteiger partial charge in [-0.25, -0.2) is 0 Å². The molecule has 122 valence electrons. The molecule has 2 aromatic rings. The van der Waals surface area contributed by atoms with Crippen molar-refractivity contribution in [1.82, 2.24) is 0 Å². The molecule has 2 rings (SSSR count). The molecule has 0 saturated carbocycles. The largest absolute Gasteiger partial charge is 0.495 e. The minimum absolute atomic E-state index is 0.0000609. The van der Waals surface area contributed by atoms with Gasteiger partial charge in [-0.1, -0.05) is 36.4 Å². The molecule has 23 heavy (non-hydrogen) atoms. The fourth-order valence-corrected chi connectivity index (χ4v) is 2.56. The Morgan fingerprint density at radius 1 is 1.13 bits per heavy atom. The van der Waals surface area contributed by atoms with Gasteiger partial charge in [0.05, 0.1) is 19.3 Å². The van der Waals surface area contributed by atoms with E-state index in [0.29, 0.717) is 18.0 Å². The van der Waals surface area contributed by atoms with E-state index in [1.54, 1.807) is 7.11 Å². The molecule has 1 amide bonds. The lowest BCUT2D eigenvalue weighted by Crippen LogP contribution is -3.11. The van der Waals surface area contributed by atoms with Crippen LogP contribution in [0.5, 0.6) is 5.75 Å². The third-order valence-corrected chi connectivity index (χ3v) is 3.99. The molecule has 0 spiro atoms. The van der Waals surface area contributed by atoms with Crippen LogP contribution < -0.4 is 15.0 Å². The maximum atomic E-state index is 12.3. The van der Waals surface area contributed by atoms with Gasteiger partial charge in [0.15, 0.2) is 6.54 Å². The fraction of sp³-hybridized carbons (Fsp3) is 0.316. The van der Waals surface area contributed by atoms with Crippen molar-refractivity contribution in [3.8, 4) is 5.75 Å². The van der Waals surface area contributed by atoms with Crippen LogP contribution >= 0.6 is 0 Å². The molecular weight excluding hydrogens is 288 g/mol. The van der Waals surface area contributed by atoms with E-state index in [9.17, 15) is 4.79 Å². The number of hydrogen-bond acceptors (Lipinski definition) is 2. The van der Waals surface area contributed by atoms with Crippen LogP contribution in [0.2, 0.25) is 0 Å². The molecule has 1 atom stereocenters. The first-order valence-corrected chi connectivity index (χ1v) is 7.95. The number of para-hydroxylation sites is 2. The predicted molar refractivity (Wildman–Crippen MR) is 92.9 cm³/mol. The molecule has 0 saturated heterocycles. The number of anilines is 1. The van der Waals surface area contributed by atoms with Crippen LogP contribution in [0.15, 0.2) is 48.5 Å². The number of likely N-dealkylation sites (N-methyl/N-ethyl adjacent to an activating group) is 1. The standard InChI is InChI=1S/C19H24N2O2/c1-4-21(13-16-10-6-5-9-15(16)2)14-19(22)20-17-11-7-8-12-18(17)23-3/h5-12H,4,13-14H2,1-3H3,(H,20,22)/p+1. The predicted octanol–water partition coefficient (Wildman–Crippen LogP) is 2.05. The Bertz CT molecular complexity index is 655. The van der Waals surface area contributed by atoms with E-state index < -0.39 is 0 Å². The van der Waals surface area contributed by atoms with E-state index in [1.165, 1.54) is 16.0 Å². The van der Waals surface area contributed by atoms with Gasteiger partial charge in [-0.05, 0) is 31.5 Å². The maximum absolute atomic E-state index is 12.3. The number of nitrogens with one attached hydrogen (secondary N) is 2. The van der Waals surface area contributed by atoms with Crippen LogP contribution in [-0.4, -0.2) is 26.1 Å². The van der Waals surface area contributed by atoms with E-state index >= 15 is 0 Å². The lowest BCUT2D eigenvalue weighted by atomic mass is 10.1. The van der Waals surface area contributed by atoms with E-state index in [0.717, 1.165) is 13.1 Å². The Morgan fingerprint density at radius 3 is 2.52 bits per heavy atom. The van der Waals surface area contributed by atoms with Gasteiger partial charge in [-0.2, -0.15) is 0 Å². The van der Waals surface area contributed by atoms with Crippen LogP contribution in [0.25, 0.3) is 0 Å². The van der Waals surface area contributed by atoms with Crippen molar-refractivity contribution in [1.29, 1.82) is 0 Å². The molecule has 0 fully saturated rings. The van der Waals surface area contributed by atoms with Gasteiger partial charge in [0, 0.05) is 5.56 Å². The molecule has 0 aliphatic carbocycles. The smallest absolute Gasteiger partial charge is 0.279 e. The number of quaternary nitrogens is 1. The second-order valence-electron chi connectivity index (χ2n) is 5.63. The monoisotopic (exact) mass is 313 g/mol. The first-order valence-electron chi connectivity index (χ1n) is 7.95. The Kier molecular flexibility index (Phi) is 6.18. The Balaban J connectivity index is 1.98. The van der Waals surface area contributed by atoms with Crippen LogP contribution in [-0.2, 0) is 11.3 Å². The highest BCUT2D eigenvalue weighted by atomic mass is 16.5. The average molecular weight is 313 g/mol. The molecule has 0 radical (unpaired) electrons. The first kappa shape index (κ1) is 17.0. The zero-order valence-electron chi connectivity index (χ0n) is 14.1. The maximum Gasteiger partial charge on any atom is 0.279 e. The summed E-state index contributed by atoms with van der Waals surface area (Å²) >= 11 is 0. The topological polar surface area (TPSA) is 42.8 Å². The Morgan fingerprint density at radius 2 is 1.83 bits per heavy atom. The van der Waals surface area contributed by atoms with E-state index in [4.69, 9.17) is 4.74 Å². The number of carbonyl (C=O) groups excluding carboxylic acids is 1. The summed E-state index contributed by atoms with van der Waals surface area (Å²) in [4.78, 5) is 13.6. The van der Waals surface area contributed by atoms with Crippen LogP contribution in [0.1, 0.15) is 18.1 Å². The molecule has 1 unspecified atom stereocenters. The zero-order chi connectivity index (χ0) is 16.7. The minimum Gasteiger partial charge on any atom is -0.495 e. The van der Waals surface area contributed by atoms with Gasteiger partial charge in [-0.3, -0.25) is 4.79 Å². The van der Waals surface area contributed by atoms with Crippen molar-refractivity contribution in [2.24, 2.45) is 0 Å². The highest BCUT2D eigenvalue weighted by molar-refractivity contribution is 5.92. The molecular formula is C19H25N2O2+. The quantitative estimate of drug-likeness (QED) is 0.821. The van der Waals surface area contributed by atoms with Crippen molar-refractivity contribution >= 4 is 11.6 Å². The minimum atomic E-state index is -0.0000609. The van der Waals surface area contributed by atoms with E-state index in [1.807, 2.05) is 36.4 Å². The van der Waals surface area contributed by atoms with Gasteiger partial charge in [0.1, 0.15) is 12.3 Å². The van der Waals surface area contributed by atoms with Gasteiger partial charge >= 0.3 is 0 Å². The molecule has 4 heteroatoms. The summed E-state index contributed by atoms with van der Waals surface area (Å²) in [5.74, 6) is 0.678. The summed E-state index contributed by atoms with van der Waals surface area (Å²) in [5.41, 5.74) is 3.27. The van der Waals surface area contributed by atoms with Crippen molar-refractivity contribution in [3.05, 3.63) is 59.7 Å². The van der Waals surface area contributed by atoms with Gasteiger partial charge in [0.2, 0.25) is 0 Å². The highest BCUT2D eigenvalue weighted by Crippen LogP contribution is 2.22. The zero-order valence-corrected chi connectivity index (χ0v) is 14.1. The Labute approximate surface area is 138 Å². The van der Waals surface area contributed by atoms with E-state index in [2.05, 4.69) is 31.3 Å². The number of benzene rings is 2. The number of rotatable bonds is 7. The number of methoxy groups -OCH3 is 1. The lowest BCUT2D eigenvalue weighted by molar-refractivity contribution is -0.903. The first-order chi connectivity index (χ1) is 11.1.